The van der Waals surface area contributed by atoms with E-state index >= 15 is 0 Å². The lowest BCUT2D eigenvalue weighted by Gasteiger charge is -2.19. The van der Waals surface area contributed by atoms with Gasteiger partial charge in [-0.15, -0.1) is 5.10 Å². The molecule has 0 fully saturated rings. The van der Waals surface area contributed by atoms with Gasteiger partial charge in [-0.25, -0.2) is 4.68 Å². The smallest absolute Gasteiger partial charge is 0.210 e. The van der Waals surface area contributed by atoms with Crippen molar-refractivity contribution in [1.29, 1.82) is 0 Å². The van der Waals surface area contributed by atoms with Crippen LogP contribution in [0, 0.1) is 0 Å². The molecule has 0 amide bonds. The number of tetrazole rings is 1. The van der Waals surface area contributed by atoms with Crippen LogP contribution in [0.2, 0.25) is 10.0 Å². The van der Waals surface area contributed by atoms with Crippen LogP contribution in [0.5, 0.6) is 0 Å². The molecule has 1 aromatic heterocycles. The molecule has 0 aliphatic carbocycles. The number of benzene rings is 1. The number of nitrogens with zero attached hydrogens (tertiary/aromatic N) is 4. The third-order valence-corrected chi connectivity index (χ3v) is 4.14. The number of aromatic nitrogens is 4. The zero-order chi connectivity index (χ0) is 14.0. The molecule has 0 bridgehead atoms. The minimum Gasteiger partial charge on any atom is -0.215 e. The lowest BCUT2D eigenvalue weighted by molar-refractivity contribution is 0.321. The Morgan fingerprint density at radius 2 is 1.84 bits per heavy atom. The van der Waals surface area contributed by atoms with Crippen LogP contribution in [-0.4, -0.2) is 20.2 Å². The van der Waals surface area contributed by atoms with Crippen LogP contribution in [0.15, 0.2) is 23.4 Å². The van der Waals surface area contributed by atoms with E-state index in [0.717, 1.165) is 10.7 Å². The second-order valence-corrected chi connectivity index (χ2v) is 6.79. The third kappa shape index (κ3) is 3.41. The van der Waals surface area contributed by atoms with E-state index in [0.29, 0.717) is 15.8 Å². The molecule has 0 saturated carbocycles. The number of halogens is 2. The van der Waals surface area contributed by atoms with Gasteiger partial charge in [-0.05, 0) is 48.9 Å². The fourth-order valence-electron chi connectivity index (χ4n) is 1.50. The average molecular weight is 317 g/mol. The molecule has 0 radical (unpaired) electrons. The van der Waals surface area contributed by atoms with Crippen molar-refractivity contribution in [1.82, 2.24) is 20.2 Å². The van der Waals surface area contributed by atoms with Crippen LogP contribution in [0.4, 0.5) is 0 Å². The maximum atomic E-state index is 6.14. The maximum absolute atomic E-state index is 6.14. The lowest BCUT2D eigenvalue weighted by Crippen LogP contribution is -2.24. The molecule has 102 valence electrons. The van der Waals surface area contributed by atoms with E-state index in [4.69, 9.17) is 23.2 Å². The summed E-state index contributed by atoms with van der Waals surface area (Å²) >= 11 is 13.8. The first kappa shape index (κ1) is 14.6. The summed E-state index contributed by atoms with van der Waals surface area (Å²) < 4.78 is 1.79. The van der Waals surface area contributed by atoms with Crippen LogP contribution >= 0.6 is 35.0 Å². The molecular formula is C12H14Cl2N4S. The van der Waals surface area contributed by atoms with Crippen LogP contribution in [0.25, 0.3) is 0 Å². The molecule has 0 aliphatic heterocycles. The number of hydrogen-bond donors (Lipinski definition) is 0. The molecule has 4 nitrogen and oxygen atoms in total. The Kier molecular flexibility index (Phi) is 4.38. The van der Waals surface area contributed by atoms with Crippen LogP contribution < -0.4 is 0 Å². The fourth-order valence-corrected chi connectivity index (χ4v) is 3.30. The summed E-state index contributed by atoms with van der Waals surface area (Å²) in [6, 6.07) is 5.49. The molecule has 19 heavy (non-hydrogen) atoms. The molecule has 0 spiro atoms. The van der Waals surface area contributed by atoms with Gasteiger partial charge in [0.2, 0.25) is 5.16 Å². The molecule has 0 N–H and O–H groups in total. The van der Waals surface area contributed by atoms with Gasteiger partial charge in [0.25, 0.3) is 0 Å². The van der Waals surface area contributed by atoms with Gasteiger partial charge in [-0.1, -0.05) is 41.0 Å². The summed E-state index contributed by atoms with van der Waals surface area (Å²) in [5.74, 6) is 0.634. The minimum absolute atomic E-state index is 0.157. The highest BCUT2D eigenvalue weighted by Crippen LogP contribution is 2.31. The molecule has 0 saturated heterocycles. The van der Waals surface area contributed by atoms with Gasteiger partial charge in [0, 0.05) is 15.8 Å². The number of hydrogen-bond acceptors (Lipinski definition) is 4. The highest BCUT2D eigenvalue weighted by molar-refractivity contribution is 7.98. The van der Waals surface area contributed by atoms with E-state index < -0.39 is 0 Å². The van der Waals surface area contributed by atoms with Crippen LogP contribution in [-0.2, 0) is 11.3 Å². The van der Waals surface area contributed by atoms with Crippen molar-refractivity contribution in [3.8, 4) is 0 Å². The molecule has 0 atom stereocenters. The predicted octanol–water partition coefficient (Wildman–Crippen LogP) is 4.03. The first-order chi connectivity index (χ1) is 8.89. The zero-order valence-electron chi connectivity index (χ0n) is 10.9. The van der Waals surface area contributed by atoms with Gasteiger partial charge in [0.15, 0.2) is 0 Å². The largest absolute Gasteiger partial charge is 0.215 e. The molecular weight excluding hydrogens is 303 g/mol. The van der Waals surface area contributed by atoms with Crippen LogP contribution in [0.3, 0.4) is 0 Å². The number of rotatable bonds is 3. The average Bonchev–Trinajstić information content (AvgIpc) is 2.76. The van der Waals surface area contributed by atoms with Gasteiger partial charge in [-0.3, -0.25) is 0 Å². The van der Waals surface area contributed by atoms with E-state index in [9.17, 15) is 0 Å². The number of thioether (sulfide) groups is 1. The highest BCUT2D eigenvalue weighted by Gasteiger charge is 2.20. The Balaban J connectivity index is 2.18. The summed E-state index contributed by atoms with van der Waals surface area (Å²) in [6.45, 7) is 6.15. The summed E-state index contributed by atoms with van der Waals surface area (Å²) in [4.78, 5) is 0. The van der Waals surface area contributed by atoms with E-state index in [2.05, 4.69) is 36.3 Å². The van der Waals surface area contributed by atoms with Gasteiger partial charge in [0.1, 0.15) is 0 Å². The summed E-state index contributed by atoms with van der Waals surface area (Å²) in [5.41, 5.74) is 0.745. The predicted molar refractivity (Wildman–Crippen MR) is 78.8 cm³/mol. The van der Waals surface area contributed by atoms with E-state index in [1.807, 2.05) is 18.2 Å². The molecule has 2 aromatic rings. The third-order valence-electron chi connectivity index (χ3n) is 2.48. The molecule has 0 aliphatic rings. The first-order valence-electron chi connectivity index (χ1n) is 5.74. The quantitative estimate of drug-likeness (QED) is 0.802. The first-order valence-corrected chi connectivity index (χ1v) is 7.48. The Bertz CT molecular complexity index is 557. The second kappa shape index (κ2) is 5.69. The van der Waals surface area contributed by atoms with Crippen molar-refractivity contribution in [2.24, 2.45) is 0 Å². The fraction of sp³-hybridized carbons (Fsp3) is 0.417. The maximum Gasteiger partial charge on any atom is 0.210 e. The zero-order valence-corrected chi connectivity index (χ0v) is 13.2. The standard InChI is InChI=1S/C12H14Cl2N4S/c1-12(2,3)18-11(15-16-17-18)19-7-8-9(13)5-4-6-10(8)14/h4-6H,7H2,1-3H3. The van der Waals surface area contributed by atoms with Gasteiger partial charge < -0.3 is 0 Å². The monoisotopic (exact) mass is 316 g/mol. The molecule has 1 heterocycles. The second-order valence-electron chi connectivity index (χ2n) is 5.03. The van der Waals surface area contributed by atoms with Crippen molar-refractivity contribution in [3.05, 3.63) is 33.8 Å². The van der Waals surface area contributed by atoms with Gasteiger partial charge in [0.05, 0.1) is 5.54 Å². The molecule has 1 aromatic carbocycles. The normalized spacial score (nSPS) is 11.8. The SMILES string of the molecule is CC(C)(C)n1nnnc1SCc1c(Cl)cccc1Cl. The van der Waals surface area contributed by atoms with Crippen molar-refractivity contribution in [2.75, 3.05) is 0 Å². The summed E-state index contributed by atoms with van der Waals surface area (Å²) in [6.07, 6.45) is 0. The van der Waals surface area contributed by atoms with Crippen molar-refractivity contribution in [3.63, 3.8) is 0 Å². The van der Waals surface area contributed by atoms with E-state index in [1.54, 1.807) is 4.68 Å². The molecule has 7 heteroatoms. The van der Waals surface area contributed by atoms with E-state index in [1.165, 1.54) is 11.8 Å². The molecule has 2 rings (SSSR count). The lowest BCUT2D eigenvalue weighted by atomic mass is 10.1. The van der Waals surface area contributed by atoms with Crippen molar-refractivity contribution < 1.29 is 0 Å². The van der Waals surface area contributed by atoms with Gasteiger partial charge >= 0.3 is 0 Å². The Morgan fingerprint density at radius 1 is 1.21 bits per heavy atom. The summed E-state index contributed by atoms with van der Waals surface area (Å²) in [7, 11) is 0. The topological polar surface area (TPSA) is 43.6 Å². The van der Waals surface area contributed by atoms with Crippen LogP contribution in [0.1, 0.15) is 26.3 Å². The van der Waals surface area contributed by atoms with Crippen molar-refractivity contribution in [2.45, 2.75) is 37.2 Å². The Labute approximate surface area is 126 Å². The van der Waals surface area contributed by atoms with E-state index in [-0.39, 0.29) is 5.54 Å². The molecule has 0 unspecified atom stereocenters. The van der Waals surface area contributed by atoms with Gasteiger partial charge in [-0.2, -0.15) is 0 Å². The Hall–Kier alpha value is -0.780. The minimum atomic E-state index is -0.157. The van der Waals surface area contributed by atoms with Crippen molar-refractivity contribution >= 4 is 35.0 Å². The summed E-state index contributed by atoms with van der Waals surface area (Å²) in [5, 5.41) is 13.8. The highest BCUT2D eigenvalue weighted by atomic mass is 35.5. The Morgan fingerprint density at radius 3 is 2.42 bits per heavy atom.